The predicted molar refractivity (Wildman–Crippen MR) is 47.9 cm³/mol. The van der Waals surface area contributed by atoms with Gasteiger partial charge < -0.3 is 15.5 Å². The maximum Gasteiger partial charge on any atom is 0.0592 e. The number of piperidine rings is 1. The number of rotatable bonds is 4. The zero-order chi connectivity index (χ0) is 8.81. The second-order valence-corrected chi connectivity index (χ2v) is 3.54. The Balaban J connectivity index is 2.11. The van der Waals surface area contributed by atoms with Gasteiger partial charge in [-0.3, -0.25) is 0 Å². The van der Waals surface area contributed by atoms with Crippen LogP contribution in [0.5, 0.6) is 0 Å². The molecule has 0 spiro atoms. The average Bonchev–Trinajstić information content (AvgIpc) is 2.09. The molecule has 12 heavy (non-hydrogen) atoms. The maximum absolute atomic E-state index is 9.57. The number of hydrogen-bond acceptors (Lipinski definition) is 3. The van der Waals surface area contributed by atoms with Crippen LogP contribution in [-0.2, 0) is 0 Å². The first-order chi connectivity index (χ1) is 5.84. The summed E-state index contributed by atoms with van der Waals surface area (Å²) in [6, 6.07) is 0. The molecule has 3 heteroatoms. The molecule has 3 nitrogen and oxygen atoms in total. The van der Waals surface area contributed by atoms with E-state index in [0.29, 0.717) is 5.92 Å². The summed E-state index contributed by atoms with van der Waals surface area (Å²) in [7, 11) is 0. The van der Waals surface area contributed by atoms with E-state index in [4.69, 9.17) is 5.11 Å². The number of aliphatic hydroxyl groups excluding tert-OH is 2. The summed E-state index contributed by atoms with van der Waals surface area (Å²) in [5.41, 5.74) is 0. The van der Waals surface area contributed by atoms with Crippen LogP contribution in [-0.4, -0.2) is 36.0 Å². The molecule has 3 N–H and O–H groups in total. The van der Waals surface area contributed by atoms with Crippen molar-refractivity contribution in [2.45, 2.75) is 31.8 Å². The number of unbranched alkanes of at least 4 members (excludes halogenated alkanes) is 1. The Hall–Kier alpha value is -0.120. The van der Waals surface area contributed by atoms with Crippen molar-refractivity contribution in [3.63, 3.8) is 0 Å². The number of hydrogen-bond donors (Lipinski definition) is 3. The van der Waals surface area contributed by atoms with Crippen LogP contribution in [0.3, 0.4) is 0 Å². The molecule has 2 atom stereocenters. The van der Waals surface area contributed by atoms with Crippen LogP contribution in [0.15, 0.2) is 0 Å². The minimum atomic E-state index is -0.120. The van der Waals surface area contributed by atoms with Crippen molar-refractivity contribution in [3.8, 4) is 0 Å². The molecule has 0 aromatic rings. The van der Waals surface area contributed by atoms with Crippen LogP contribution in [0.4, 0.5) is 0 Å². The first-order valence-electron chi connectivity index (χ1n) is 4.84. The quantitative estimate of drug-likeness (QED) is 0.529. The molecule has 1 fully saturated rings. The highest BCUT2D eigenvalue weighted by Crippen LogP contribution is 2.17. The van der Waals surface area contributed by atoms with Gasteiger partial charge in [0.1, 0.15) is 0 Å². The van der Waals surface area contributed by atoms with Gasteiger partial charge >= 0.3 is 0 Å². The summed E-state index contributed by atoms with van der Waals surface area (Å²) in [6.45, 7) is 2.15. The molecule has 1 saturated heterocycles. The van der Waals surface area contributed by atoms with Gasteiger partial charge in [-0.2, -0.15) is 0 Å². The van der Waals surface area contributed by atoms with Gasteiger partial charge in [0.15, 0.2) is 0 Å². The standard InChI is InChI=1S/C9H19NO2/c11-6-2-1-3-8-7-10-5-4-9(8)12/h8-12H,1-7H2. The molecule has 1 aliphatic heterocycles. The summed E-state index contributed by atoms with van der Waals surface area (Å²) in [4.78, 5) is 0. The molecule has 1 aliphatic rings. The summed E-state index contributed by atoms with van der Waals surface area (Å²) < 4.78 is 0. The van der Waals surface area contributed by atoms with Crippen molar-refractivity contribution in [1.29, 1.82) is 0 Å². The topological polar surface area (TPSA) is 52.5 Å². The van der Waals surface area contributed by atoms with E-state index in [9.17, 15) is 5.11 Å². The molecule has 0 aromatic heterocycles. The SMILES string of the molecule is OCCCCC1CNCCC1O. The van der Waals surface area contributed by atoms with Crippen LogP contribution in [0.25, 0.3) is 0 Å². The fourth-order valence-electron chi connectivity index (χ4n) is 1.72. The van der Waals surface area contributed by atoms with Crippen LogP contribution in [0.2, 0.25) is 0 Å². The van der Waals surface area contributed by atoms with Gasteiger partial charge in [-0.1, -0.05) is 6.42 Å². The van der Waals surface area contributed by atoms with E-state index < -0.39 is 0 Å². The molecular formula is C9H19NO2. The minimum Gasteiger partial charge on any atom is -0.396 e. The molecule has 72 valence electrons. The molecule has 0 aromatic carbocycles. The van der Waals surface area contributed by atoms with Crippen molar-refractivity contribution >= 4 is 0 Å². The van der Waals surface area contributed by atoms with Gasteiger partial charge in [-0.05, 0) is 31.7 Å². The Labute approximate surface area is 73.8 Å². The molecule has 2 unspecified atom stereocenters. The zero-order valence-electron chi connectivity index (χ0n) is 7.50. The van der Waals surface area contributed by atoms with E-state index in [1.807, 2.05) is 0 Å². The van der Waals surface area contributed by atoms with Crippen LogP contribution in [0.1, 0.15) is 25.7 Å². The maximum atomic E-state index is 9.57. The van der Waals surface area contributed by atoms with Gasteiger partial charge in [-0.15, -0.1) is 0 Å². The van der Waals surface area contributed by atoms with E-state index >= 15 is 0 Å². The molecule has 0 radical (unpaired) electrons. The highest BCUT2D eigenvalue weighted by atomic mass is 16.3. The molecular weight excluding hydrogens is 154 g/mol. The minimum absolute atomic E-state index is 0.120. The third-order valence-corrected chi connectivity index (χ3v) is 2.55. The van der Waals surface area contributed by atoms with E-state index in [1.165, 1.54) is 0 Å². The Morgan fingerprint density at radius 1 is 1.33 bits per heavy atom. The molecule has 1 rings (SSSR count). The van der Waals surface area contributed by atoms with Gasteiger partial charge in [0, 0.05) is 13.2 Å². The van der Waals surface area contributed by atoms with Crippen molar-refractivity contribution in [2.24, 2.45) is 5.92 Å². The third-order valence-electron chi connectivity index (χ3n) is 2.55. The van der Waals surface area contributed by atoms with Crippen LogP contribution < -0.4 is 5.32 Å². The van der Waals surface area contributed by atoms with E-state index in [0.717, 1.165) is 38.8 Å². The predicted octanol–water partition coefficient (Wildman–Crippen LogP) is 0.119. The van der Waals surface area contributed by atoms with Crippen molar-refractivity contribution in [3.05, 3.63) is 0 Å². The smallest absolute Gasteiger partial charge is 0.0592 e. The normalized spacial score (nSPS) is 30.5. The Morgan fingerprint density at radius 2 is 2.17 bits per heavy atom. The monoisotopic (exact) mass is 173 g/mol. The Kier molecular flexibility index (Phi) is 4.58. The van der Waals surface area contributed by atoms with Crippen LogP contribution in [0, 0.1) is 5.92 Å². The molecule has 0 saturated carbocycles. The fourth-order valence-corrected chi connectivity index (χ4v) is 1.72. The summed E-state index contributed by atoms with van der Waals surface area (Å²) in [5, 5.41) is 21.4. The largest absolute Gasteiger partial charge is 0.396 e. The Bertz CT molecular complexity index is 119. The first kappa shape index (κ1) is 9.96. The third kappa shape index (κ3) is 3.09. The van der Waals surface area contributed by atoms with E-state index in [-0.39, 0.29) is 12.7 Å². The highest BCUT2D eigenvalue weighted by Gasteiger charge is 2.21. The average molecular weight is 173 g/mol. The zero-order valence-corrected chi connectivity index (χ0v) is 7.50. The van der Waals surface area contributed by atoms with Gasteiger partial charge in [0.2, 0.25) is 0 Å². The van der Waals surface area contributed by atoms with Gasteiger partial charge in [0.25, 0.3) is 0 Å². The lowest BCUT2D eigenvalue weighted by Crippen LogP contribution is -2.39. The highest BCUT2D eigenvalue weighted by molar-refractivity contribution is 4.76. The second kappa shape index (κ2) is 5.51. The number of nitrogens with one attached hydrogen (secondary N) is 1. The second-order valence-electron chi connectivity index (χ2n) is 3.54. The van der Waals surface area contributed by atoms with Crippen molar-refractivity contribution in [1.82, 2.24) is 5.32 Å². The fraction of sp³-hybridized carbons (Fsp3) is 1.00. The van der Waals surface area contributed by atoms with E-state index in [1.54, 1.807) is 0 Å². The van der Waals surface area contributed by atoms with Crippen LogP contribution >= 0.6 is 0 Å². The molecule has 1 heterocycles. The number of aliphatic hydroxyl groups is 2. The Morgan fingerprint density at radius 3 is 2.83 bits per heavy atom. The molecule has 0 bridgehead atoms. The lowest BCUT2D eigenvalue weighted by molar-refractivity contribution is 0.0723. The summed E-state index contributed by atoms with van der Waals surface area (Å²) in [5.74, 6) is 0.408. The van der Waals surface area contributed by atoms with Gasteiger partial charge in [0.05, 0.1) is 6.10 Å². The molecule has 0 aliphatic carbocycles. The van der Waals surface area contributed by atoms with Crippen molar-refractivity contribution in [2.75, 3.05) is 19.7 Å². The van der Waals surface area contributed by atoms with Crippen molar-refractivity contribution < 1.29 is 10.2 Å². The van der Waals surface area contributed by atoms with E-state index in [2.05, 4.69) is 5.32 Å². The molecule has 0 amide bonds. The summed E-state index contributed by atoms with van der Waals surface area (Å²) in [6.07, 6.45) is 3.69. The first-order valence-corrected chi connectivity index (χ1v) is 4.84. The lowest BCUT2D eigenvalue weighted by Gasteiger charge is -2.28. The summed E-state index contributed by atoms with van der Waals surface area (Å²) >= 11 is 0. The van der Waals surface area contributed by atoms with Gasteiger partial charge in [-0.25, -0.2) is 0 Å². The lowest BCUT2D eigenvalue weighted by atomic mass is 9.91.